The minimum absolute atomic E-state index is 0.278. The first-order valence-electron chi connectivity index (χ1n) is 7.22. The van der Waals surface area contributed by atoms with Gasteiger partial charge in [0.2, 0.25) is 0 Å². The average molecular weight is 290 g/mol. The fourth-order valence-electron chi connectivity index (χ4n) is 2.81. The van der Waals surface area contributed by atoms with E-state index >= 15 is 0 Å². The van der Waals surface area contributed by atoms with Crippen molar-refractivity contribution in [2.45, 2.75) is 25.0 Å². The van der Waals surface area contributed by atoms with Gasteiger partial charge < -0.3 is 10.0 Å². The Morgan fingerprint density at radius 2 is 1.95 bits per heavy atom. The minimum atomic E-state index is -0.575. The number of benzene rings is 1. The molecule has 1 atom stereocenters. The van der Waals surface area contributed by atoms with Crippen molar-refractivity contribution in [3.05, 3.63) is 48.3 Å². The van der Waals surface area contributed by atoms with Gasteiger partial charge in [0.15, 0.2) is 0 Å². The van der Waals surface area contributed by atoms with E-state index in [2.05, 4.69) is 15.0 Å². The van der Waals surface area contributed by atoms with Crippen LogP contribution in [0.25, 0.3) is 0 Å². The molecule has 0 spiro atoms. The van der Waals surface area contributed by atoms with E-state index in [9.17, 15) is 9.50 Å². The van der Waals surface area contributed by atoms with Gasteiger partial charge in [-0.25, -0.2) is 14.1 Å². The first-order valence-corrected chi connectivity index (χ1v) is 7.22. The molecule has 0 aliphatic carbocycles. The van der Waals surface area contributed by atoms with Crippen LogP contribution in [0.4, 0.5) is 4.39 Å². The van der Waals surface area contributed by atoms with Gasteiger partial charge >= 0.3 is 0 Å². The molecule has 6 heteroatoms. The third-order valence-corrected chi connectivity index (χ3v) is 4.05. The second-order valence-electron chi connectivity index (χ2n) is 5.47. The minimum Gasteiger partial charge on any atom is -0.387 e. The Balaban J connectivity index is 1.52. The molecule has 1 saturated heterocycles. The maximum atomic E-state index is 12.9. The summed E-state index contributed by atoms with van der Waals surface area (Å²) < 4.78 is 14.8. The van der Waals surface area contributed by atoms with Gasteiger partial charge in [-0.05, 0) is 30.5 Å². The van der Waals surface area contributed by atoms with E-state index in [4.69, 9.17) is 0 Å². The zero-order valence-electron chi connectivity index (χ0n) is 11.8. The SMILES string of the molecule is OC(CN1CCC(n2cncn2)CC1)c1ccc(F)cc1. The first-order chi connectivity index (χ1) is 10.2. The van der Waals surface area contributed by atoms with Crippen LogP contribution in [0.3, 0.4) is 0 Å². The first kappa shape index (κ1) is 14.2. The van der Waals surface area contributed by atoms with Crippen molar-refractivity contribution in [2.75, 3.05) is 19.6 Å². The van der Waals surface area contributed by atoms with Gasteiger partial charge in [-0.2, -0.15) is 5.10 Å². The van der Waals surface area contributed by atoms with Crippen LogP contribution in [-0.4, -0.2) is 44.4 Å². The quantitative estimate of drug-likeness (QED) is 0.932. The van der Waals surface area contributed by atoms with Crippen molar-refractivity contribution in [1.29, 1.82) is 0 Å². The summed E-state index contributed by atoms with van der Waals surface area (Å²) in [6, 6.07) is 6.45. The molecule has 1 aliphatic heterocycles. The van der Waals surface area contributed by atoms with E-state index in [1.165, 1.54) is 12.1 Å². The molecule has 1 aromatic heterocycles. The van der Waals surface area contributed by atoms with Crippen molar-refractivity contribution < 1.29 is 9.50 Å². The summed E-state index contributed by atoms with van der Waals surface area (Å²) in [7, 11) is 0. The number of hydrogen-bond donors (Lipinski definition) is 1. The van der Waals surface area contributed by atoms with Gasteiger partial charge in [-0.15, -0.1) is 0 Å². The molecule has 112 valence electrons. The molecule has 3 rings (SSSR count). The van der Waals surface area contributed by atoms with Gasteiger partial charge in [0.1, 0.15) is 18.5 Å². The normalized spacial score (nSPS) is 18.8. The molecule has 0 bridgehead atoms. The van der Waals surface area contributed by atoms with Crippen molar-refractivity contribution in [1.82, 2.24) is 19.7 Å². The van der Waals surface area contributed by atoms with Crippen LogP contribution in [0.1, 0.15) is 30.6 Å². The number of aliphatic hydroxyl groups is 1. The highest BCUT2D eigenvalue weighted by molar-refractivity contribution is 5.18. The monoisotopic (exact) mass is 290 g/mol. The summed E-state index contributed by atoms with van der Waals surface area (Å²) in [4.78, 5) is 6.22. The summed E-state index contributed by atoms with van der Waals surface area (Å²) in [5.41, 5.74) is 0.759. The molecule has 0 saturated carbocycles. The summed E-state index contributed by atoms with van der Waals surface area (Å²) in [6.07, 6.45) is 4.74. The zero-order chi connectivity index (χ0) is 14.7. The molecule has 2 heterocycles. The van der Waals surface area contributed by atoms with Crippen molar-refractivity contribution >= 4 is 0 Å². The molecule has 1 aliphatic rings. The third kappa shape index (κ3) is 3.46. The maximum absolute atomic E-state index is 12.9. The van der Waals surface area contributed by atoms with Crippen molar-refractivity contribution in [2.24, 2.45) is 0 Å². The standard InChI is InChI=1S/C15H19FN4O/c16-13-3-1-12(2-4-13)15(21)9-19-7-5-14(6-8-19)20-11-17-10-18-20/h1-4,10-11,14-15,21H,5-9H2. The van der Waals surface area contributed by atoms with E-state index in [1.54, 1.807) is 24.8 Å². The number of likely N-dealkylation sites (tertiary alicyclic amines) is 1. The van der Waals surface area contributed by atoms with Gasteiger partial charge in [-0.1, -0.05) is 12.1 Å². The van der Waals surface area contributed by atoms with Gasteiger partial charge in [-0.3, -0.25) is 0 Å². The Morgan fingerprint density at radius 3 is 2.57 bits per heavy atom. The number of piperidine rings is 1. The lowest BCUT2D eigenvalue weighted by Crippen LogP contribution is -2.37. The van der Waals surface area contributed by atoms with E-state index in [0.717, 1.165) is 31.5 Å². The number of β-amino-alcohol motifs (C(OH)–C–C–N with tert-alkyl or cyclic N) is 1. The van der Waals surface area contributed by atoms with Crippen LogP contribution in [0.5, 0.6) is 0 Å². The van der Waals surface area contributed by atoms with Crippen LogP contribution < -0.4 is 0 Å². The topological polar surface area (TPSA) is 54.2 Å². The number of nitrogens with zero attached hydrogens (tertiary/aromatic N) is 4. The molecule has 1 fully saturated rings. The van der Waals surface area contributed by atoms with Crippen LogP contribution in [0.2, 0.25) is 0 Å². The molecule has 0 amide bonds. The smallest absolute Gasteiger partial charge is 0.137 e. The van der Waals surface area contributed by atoms with Crippen LogP contribution in [0, 0.1) is 5.82 Å². The number of rotatable bonds is 4. The predicted molar refractivity (Wildman–Crippen MR) is 76.1 cm³/mol. The second-order valence-corrected chi connectivity index (χ2v) is 5.47. The highest BCUT2D eigenvalue weighted by Gasteiger charge is 2.22. The van der Waals surface area contributed by atoms with Crippen LogP contribution in [-0.2, 0) is 0 Å². The lowest BCUT2D eigenvalue weighted by molar-refractivity contribution is 0.0889. The van der Waals surface area contributed by atoms with Crippen LogP contribution in [0.15, 0.2) is 36.9 Å². The number of aromatic nitrogens is 3. The number of hydrogen-bond acceptors (Lipinski definition) is 4. The summed E-state index contributed by atoms with van der Waals surface area (Å²) >= 11 is 0. The fraction of sp³-hybridized carbons (Fsp3) is 0.467. The Morgan fingerprint density at radius 1 is 1.24 bits per heavy atom. The lowest BCUT2D eigenvalue weighted by Gasteiger charge is -2.33. The highest BCUT2D eigenvalue weighted by Crippen LogP contribution is 2.23. The summed E-state index contributed by atoms with van der Waals surface area (Å²) in [6.45, 7) is 2.42. The summed E-state index contributed by atoms with van der Waals surface area (Å²) in [5.74, 6) is -0.278. The molecular formula is C15H19FN4O. The largest absolute Gasteiger partial charge is 0.387 e. The fourth-order valence-corrected chi connectivity index (χ4v) is 2.81. The predicted octanol–water partition coefficient (Wildman–Crippen LogP) is 1.79. The second kappa shape index (κ2) is 6.32. The summed E-state index contributed by atoms with van der Waals surface area (Å²) in [5, 5.41) is 14.4. The maximum Gasteiger partial charge on any atom is 0.137 e. The highest BCUT2D eigenvalue weighted by atomic mass is 19.1. The lowest BCUT2D eigenvalue weighted by atomic mass is 10.0. The van der Waals surface area contributed by atoms with E-state index < -0.39 is 6.10 Å². The van der Waals surface area contributed by atoms with Crippen LogP contribution >= 0.6 is 0 Å². The zero-order valence-corrected chi connectivity index (χ0v) is 11.8. The Hall–Kier alpha value is -1.79. The van der Waals surface area contributed by atoms with Crippen molar-refractivity contribution in [3.8, 4) is 0 Å². The molecule has 1 unspecified atom stereocenters. The Labute approximate surface area is 123 Å². The molecule has 5 nitrogen and oxygen atoms in total. The average Bonchev–Trinajstić information content (AvgIpc) is 3.03. The van der Waals surface area contributed by atoms with E-state index in [1.807, 2.05) is 4.68 Å². The Bertz CT molecular complexity index is 550. The van der Waals surface area contributed by atoms with Crippen molar-refractivity contribution in [3.63, 3.8) is 0 Å². The number of aliphatic hydroxyl groups excluding tert-OH is 1. The van der Waals surface area contributed by atoms with Gasteiger partial charge in [0, 0.05) is 19.6 Å². The van der Waals surface area contributed by atoms with E-state index in [0.29, 0.717) is 12.6 Å². The number of halogens is 1. The molecule has 21 heavy (non-hydrogen) atoms. The molecule has 1 N–H and O–H groups in total. The molecular weight excluding hydrogens is 271 g/mol. The molecule has 1 aromatic carbocycles. The third-order valence-electron chi connectivity index (χ3n) is 4.05. The van der Waals surface area contributed by atoms with Gasteiger partial charge in [0.25, 0.3) is 0 Å². The van der Waals surface area contributed by atoms with E-state index in [-0.39, 0.29) is 5.82 Å². The Kier molecular flexibility index (Phi) is 4.26. The van der Waals surface area contributed by atoms with Gasteiger partial charge in [0.05, 0.1) is 12.1 Å². The molecule has 2 aromatic rings. The molecule has 0 radical (unpaired) electrons.